The molecule has 0 spiro atoms. The van der Waals surface area contributed by atoms with Crippen LogP contribution in [-0.2, 0) is 4.79 Å². The number of hydrogen-bond acceptors (Lipinski definition) is 4. The third-order valence-corrected chi connectivity index (χ3v) is 5.31. The lowest BCUT2D eigenvalue weighted by atomic mass is 10.1. The molecule has 0 radical (unpaired) electrons. The number of rotatable bonds is 4. The van der Waals surface area contributed by atoms with Gasteiger partial charge in [0.2, 0.25) is 5.91 Å². The maximum Gasteiger partial charge on any atom is 0.226 e. The Morgan fingerprint density at radius 1 is 1.19 bits per heavy atom. The number of thioether (sulfide) groups is 1. The molecule has 27 heavy (non-hydrogen) atoms. The van der Waals surface area contributed by atoms with Crippen molar-refractivity contribution in [3.63, 3.8) is 0 Å². The maximum absolute atomic E-state index is 11.8. The summed E-state index contributed by atoms with van der Waals surface area (Å²) in [5, 5.41) is 8.17. The van der Waals surface area contributed by atoms with Gasteiger partial charge in [-0.25, -0.2) is 4.99 Å². The molecule has 2 aromatic rings. The number of anilines is 1. The van der Waals surface area contributed by atoms with Gasteiger partial charge in [-0.05, 0) is 48.7 Å². The van der Waals surface area contributed by atoms with E-state index in [4.69, 9.17) is 0 Å². The van der Waals surface area contributed by atoms with Crippen molar-refractivity contribution in [3.8, 4) is 0 Å². The van der Waals surface area contributed by atoms with Gasteiger partial charge < -0.3 is 5.32 Å². The van der Waals surface area contributed by atoms with E-state index >= 15 is 0 Å². The van der Waals surface area contributed by atoms with Crippen LogP contribution in [0, 0.1) is 19.8 Å². The molecule has 2 aromatic carbocycles. The third-order valence-electron chi connectivity index (χ3n) is 4.44. The predicted octanol–water partition coefficient (Wildman–Crippen LogP) is 4.63. The molecule has 0 saturated carbocycles. The van der Waals surface area contributed by atoms with Crippen molar-refractivity contribution in [2.75, 3.05) is 11.1 Å². The summed E-state index contributed by atoms with van der Waals surface area (Å²) in [6.07, 6.45) is 0. The van der Waals surface area contributed by atoms with Gasteiger partial charge in [0.25, 0.3) is 0 Å². The van der Waals surface area contributed by atoms with Crippen LogP contribution < -0.4 is 10.7 Å². The molecule has 0 fully saturated rings. The molecule has 140 valence electrons. The molecular weight excluding hydrogens is 356 g/mol. The number of aryl methyl sites for hydroxylation is 1. The molecule has 0 bridgehead atoms. The van der Waals surface area contributed by atoms with Crippen molar-refractivity contribution in [2.24, 2.45) is 16.0 Å². The summed E-state index contributed by atoms with van der Waals surface area (Å²) in [7, 11) is 0. The number of benzene rings is 2. The van der Waals surface area contributed by atoms with Crippen LogP contribution in [0.25, 0.3) is 0 Å². The van der Waals surface area contributed by atoms with Gasteiger partial charge in [0.05, 0.1) is 11.4 Å². The highest BCUT2D eigenvalue weighted by Gasteiger charge is 2.14. The zero-order chi connectivity index (χ0) is 19.4. The number of hydrogen-bond donors (Lipinski definition) is 2. The minimum atomic E-state index is -0.0391. The first-order valence-corrected chi connectivity index (χ1v) is 9.94. The highest BCUT2D eigenvalue weighted by molar-refractivity contribution is 8.14. The van der Waals surface area contributed by atoms with E-state index in [0.29, 0.717) is 0 Å². The fourth-order valence-corrected chi connectivity index (χ4v) is 3.30. The zero-order valence-corrected chi connectivity index (χ0v) is 16.9. The van der Waals surface area contributed by atoms with Gasteiger partial charge >= 0.3 is 0 Å². The Labute approximate surface area is 164 Å². The van der Waals surface area contributed by atoms with Crippen LogP contribution in [0.4, 0.5) is 11.4 Å². The second kappa shape index (κ2) is 8.39. The van der Waals surface area contributed by atoms with E-state index in [1.807, 2.05) is 50.2 Å². The van der Waals surface area contributed by atoms with Crippen LogP contribution in [0.3, 0.4) is 0 Å². The smallest absolute Gasteiger partial charge is 0.226 e. The zero-order valence-electron chi connectivity index (χ0n) is 16.0. The fraction of sp³-hybridized carbons (Fsp3) is 0.286. The molecule has 0 atom stereocenters. The minimum Gasteiger partial charge on any atom is -0.326 e. The molecule has 3 rings (SSSR count). The number of carbonyl (C=O) groups is 1. The lowest BCUT2D eigenvalue weighted by molar-refractivity contribution is -0.118. The molecule has 1 aliphatic rings. The summed E-state index contributed by atoms with van der Waals surface area (Å²) in [6, 6.07) is 13.9. The SMILES string of the molecule is Cc1cccc(N=C2NN=C(c3ccc(NC(=O)C(C)C)cc3)CS2)c1C. The highest BCUT2D eigenvalue weighted by Crippen LogP contribution is 2.24. The van der Waals surface area contributed by atoms with E-state index in [2.05, 4.69) is 40.8 Å². The van der Waals surface area contributed by atoms with Crippen molar-refractivity contribution < 1.29 is 4.79 Å². The summed E-state index contributed by atoms with van der Waals surface area (Å²) >= 11 is 1.63. The number of amidine groups is 1. The number of nitrogens with one attached hydrogen (secondary N) is 2. The fourth-order valence-electron chi connectivity index (χ4n) is 2.52. The monoisotopic (exact) mass is 380 g/mol. The highest BCUT2D eigenvalue weighted by atomic mass is 32.2. The number of aliphatic imine (C=N–C) groups is 1. The third kappa shape index (κ3) is 4.77. The summed E-state index contributed by atoms with van der Waals surface area (Å²) in [5.41, 5.74) is 9.22. The van der Waals surface area contributed by atoms with E-state index in [0.717, 1.165) is 33.6 Å². The number of amides is 1. The first-order chi connectivity index (χ1) is 12.9. The average Bonchev–Trinajstić information content (AvgIpc) is 2.67. The van der Waals surface area contributed by atoms with Crippen molar-refractivity contribution in [1.29, 1.82) is 0 Å². The number of carbonyl (C=O) groups excluding carboxylic acids is 1. The van der Waals surface area contributed by atoms with E-state index in [-0.39, 0.29) is 11.8 Å². The van der Waals surface area contributed by atoms with E-state index in [1.165, 1.54) is 11.1 Å². The molecule has 5 nitrogen and oxygen atoms in total. The first-order valence-electron chi connectivity index (χ1n) is 8.95. The normalized spacial score (nSPS) is 15.4. The molecule has 0 unspecified atom stereocenters. The summed E-state index contributed by atoms with van der Waals surface area (Å²) in [4.78, 5) is 16.5. The van der Waals surface area contributed by atoms with Gasteiger partial charge in [0, 0.05) is 17.4 Å². The molecule has 1 amide bonds. The molecule has 0 aliphatic carbocycles. The Morgan fingerprint density at radius 2 is 1.93 bits per heavy atom. The van der Waals surface area contributed by atoms with Gasteiger partial charge in [-0.15, -0.1) is 0 Å². The number of nitrogens with zero attached hydrogens (tertiary/aromatic N) is 2. The van der Waals surface area contributed by atoms with Gasteiger partial charge in [0.1, 0.15) is 0 Å². The maximum atomic E-state index is 11.8. The van der Waals surface area contributed by atoms with Crippen molar-refractivity contribution in [3.05, 3.63) is 59.2 Å². The Bertz CT molecular complexity index is 901. The second-order valence-corrected chi connectivity index (χ2v) is 7.78. The quantitative estimate of drug-likeness (QED) is 0.813. The van der Waals surface area contributed by atoms with Gasteiger partial charge in [-0.1, -0.05) is 49.9 Å². The largest absolute Gasteiger partial charge is 0.326 e. The lowest BCUT2D eigenvalue weighted by Gasteiger charge is -2.16. The minimum absolute atomic E-state index is 0.0160. The predicted molar refractivity (Wildman–Crippen MR) is 115 cm³/mol. The van der Waals surface area contributed by atoms with Gasteiger partial charge in [-0.2, -0.15) is 5.10 Å². The summed E-state index contributed by atoms with van der Waals surface area (Å²) in [5.74, 6) is 0.721. The molecule has 6 heteroatoms. The molecular formula is C21H24N4OS. The van der Waals surface area contributed by atoms with Crippen LogP contribution in [0.15, 0.2) is 52.6 Å². The van der Waals surface area contributed by atoms with E-state index < -0.39 is 0 Å². The molecule has 2 N–H and O–H groups in total. The van der Waals surface area contributed by atoms with Crippen LogP contribution >= 0.6 is 11.8 Å². The van der Waals surface area contributed by atoms with Gasteiger partial charge in [0.15, 0.2) is 5.17 Å². The molecule has 1 heterocycles. The molecule has 0 aromatic heterocycles. The standard InChI is InChI=1S/C21H24N4OS/c1-13(2)20(26)22-17-10-8-16(9-11-17)19-12-27-21(25-24-19)23-18-7-5-6-14(3)15(18)4/h5-11,13H,12H2,1-4H3,(H,22,26)(H,23,25). The van der Waals surface area contributed by atoms with Crippen LogP contribution in [0.1, 0.15) is 30.5 Å². The van der Waals surface area contributed by atoms with Crippen molar-refractivity contribution >= 4 is 39.9 Å². The Kier molecular flexibility index (Phi) is 5.96. The first kappa shape index (κ1) is 19.2. The van der Waals surface area contributed by atoms with Gasteiger partial charge in [-0.3, -0.25) is 10.2 Å². The Balaban J connectivity index is 1.69. The average molecular weight is 381 g/mol. The van der Waals surface area contributed by atoms with Crippen molar-refractivity contribution in [1.82, 2.24) is 5.43 Å². The summed E-state index contributed by atoms with van der Waals surface area (Å²) in [6.45, 7) is 7.92. The van der Waals surface area contributed by atoms with Crippen LogP contribution in [0.2, 0.25) is 0 Å². The summed E-state index contributed by atoms with van der Waals surface area (Å²) < 4.78 is 0. The molecule has 0 saturated heterocycles. The topological polar surface area (TPSA) is 65.8 Å². The Hall–Kier alpha value is -2.60. The lowest BCUT2D eigenvalue weighted by Crippen LogP contribution is -2.25. The van der Waals surface area contributed by atoms with Crippen LogP contribution in [-0.4, -0.2) is 22.5 Å². The van der Waals surface area contributed by atoms with E-state index in [1.54, 1.807) is 11.8 Å². The van der Waals surface area contributed by atoms with Crippen molar-refractivity contribution in [2.45, 2.75) is 27.7 Å². The molecule has 1 aliphatic heterocycles. The Morgan fingerprint density at radius 3 is 2.56 bits per heavy atom. The van der Waals surface area contributed by atoms with Crippen LogP contribution in [0.5, 0.6) is 0 Å². The number of hydrazone groups is 1. The second-order valence-electron chi connectivity index (χ2n) is 6.82. The van der Waals surface area contributed by atoms with E-state index in [9.17, 15) is 4.79 Å².